The summed E-state index contributed by atoms with van der Waals surface area (Å²) >= 11 is 0. The standard InChI is InChI=1S/C17H18N4O3S/c1-25(23,24)12-16-20-14-7-2-3-8-15(14)21(16)11-17(22)19-10-13-6-4-5-9-18-13/h2-9H,10-12H2,1H3,(H,19,22). The topological polar surface area (TPSA) is 94.0 Å². The van der Waals surface area contributed by atoms with Gasteiger partial charge in [0.05, 0.1) is 23.3 Å². The molecule has 1 amide bonds. The SMILES string of the molecule is CS(=O)(=O)Cc1nc2ccccc2n1CC(=O)NCc1ccccn1. The first-order valence-electron chi connectivity index (χ1n) is 7.71. The third-order valence-electron chi connectivity index (χ3n) is 3.62. The van der Waals surface area contributed by atoms with Crippen molar-refractivity contribution in [2.45, 2.75) is 18.8 Å². The van der Waals surface area contributed by atoms with Gasteiger partial charge in [-0.3, -0.25) is 9.78 Å². The first-order chi connectivity index (χ1) is 11.9. The molecule has 0 aliphatic heterocycles. The molecule has 0 saturated heterocycles. The zero-order valence-corrected chi connectivity index (χ0v) is 14.5. The Labute approximate surface area is 145 Å². The van der Waals surface area contributed by atoms with Gasteiger partial charge in [0, 0.05) is 12.5 Å². The van der Waals surface area contributed by atoms with Crippen LogP contribution in [0.5, 0.6) is 0 Å². The molecular weight excluding hydrogens is 340 g/mol. The predicted molar refractivity (Wildman–Crippen MR) is 94.4 cm³/mol. The van der Waals surface area contributed by atoms with Gasteiger partial charge in [-0.05, 0) is 24.3 Å². The molecule has 130 valence electrons. The number of para-hydroxylation sites is 2. The van der Waals surface area contributed by atoms with E-state index in [2.05, 4.69) is 15.3 Å². The Morgan fingerprint density at radius 3 is 2.64 bits per heavy atom. The number of carbonyl (C=O) groups excluding carboxylic acids is 1. The summed E-state index contributed by atoms with van der Waals surface area (Å²) in [6.07, 6.45) is 2.81. The number of aromatic nitrogens is 3. The van der Waals surface area contributed by atoms with E-state index in [9.17, 15) is 13.2 Å². The average molecular weight is 358 g/mol. The molecule has 2 heterocycles. The number of hydrogen-bond donors (Lipinski definition) is 1. The van der Waals surface area contributed by atoms with Crippen LogP contribution in [0, 0.1) is 0 Å². The molecular formula is C17H18N4O3S. The van der Waals surface area contributed by atoms with E-state index >= 15 is 0 Å². The minimum atomic E-state index is -3.26. The van der Waals surface area contributed by atoms with Crippen LogP contribution >= 0.6 is 0 Å². The molecule has 2 aromatic heterocycles. The lowest BCUT2D eigenvalue weighted by molar-refractivity contribution is -0.121. The number of nitrogens with zero attached hydrogens (tertiary/aromatic N) is 3. The van der Waals surface area contributed by atoms with Crippen molar-refractivity contribution in [2.24, 2.45) is 0 Å². The highest BCUT2D eigenvalue weighted by atomic mass is 32.2. The molecule has 0 fully saturated rings. The number of nitrogens with one attached hydrogen (secondary N) is 1. The van der Waals surface area contributed by atoms with Crippen molar-refractivity contribution in [3.63, 3.8) is 0 Å². The summed E-state index contributed by atoms with van der Waals surface area (Å²) in [5, 5.41) is 2.79. The minimum absolute atomic E-state index is 0.00179. The lowest BCUT2D eigenvalue weighted by Gasteiger charge is -2.09. The fourth-order valence-electron chi connectivity index (χ4n) is 2.54. The predicted octanol–water partition coefficient (Wildman–Crippen LogP) is 1.29. The minimum Gasteiger partial charge on any atom is -0.349 e. The maximum atomic E-state index is 12.3. The molecule has 0 aliphatic carbocycles. The molecule has 0 aliphatic rings. The highest BCUT2D eigenvalue weighted by Gasteiger charge is 2.17. The van der Waals surface area contributed by atoms with Crippen LogP contribution in [-0.2, 0) is 33.5 Å². The molecule has 0 bridgehead atoms. The van der Waals surface area contributed by atoms with E-state index in [-0.39, 0.29) is 18.2 Å². The van der Waals surface area contributed by atoms with Crippen molar-refractivity contribution in [3.05, 3.63) is 60.2 Å². The Hall–Kier alpha value is -2.74. The van der Waals surface area contributed by atoms with Gasteiger partial charge in [0.2, 0.25) is 5.91 Å². The molecule has 25 heavy (non-hydrogen) atoms. The van der Waals surface area contributed by atoms with E-state index in [1.165, 1.54) is 0 Å². The van der Waals surface area contributed by atoms with Crippen LogP contribution < -0.4 is 5.32 Å². The van der Waals surface area contributed by atoms with Crippen LogP contribution in [0.1, 0.15) is 11.5 Å². The lowest BCUT2D eigenvalue weighted by atomic mass is 10.3. The van der Waals surface area contributed by atoms with Crippen LogP contribution in [0.3, 0.4) is 0 Å². The molecule has 1 aromatic carbocycles. The van der Waals surface area contributed by atoms with Gasteiger partial charge in [-0.2, -0.15) is 0 Å². The van der Waals surface area contributed by atoms with Gasteiger partial charge in [0.25, 0.3) is 0 Å². The first-order valence-corrected chi connectivity index (χ1v) is 9.77. The van der Waals surface area contributed by atoms with Crippen molar-refractivity contribution in [2.75, 3.05) is 6.26 Å². The van der Waals surface area contributed by atoms with Crippen molar-refractivity contribution in [1.29, 1.82) is 0 Å². The van der Waals surface area contributed by atoms with Crippen LogP contribution in [0.2, 0.25) is 0 Å². The van der Waals surface area contributed by atoms with Crippen LogP contribution in [0.15, 0.2) is 48.7 Å². The fraction of sp³-hybridized carbons (Fsp3) is 0.235. The Morgan fingerprint density at radius 1 is 1.16 bits per heavy atom. The summed E-state index contributed by atoms with van der Waals surface area (Å²) in [4.78, 5) is 20.8. The molecule has 8 heteroatoms. The normalized spacial score (nSPS) is 11.6. The smallest absolute Gasteiger partial charge is 0.240 e. The van der Waals surface area contributed by atoms with E-state index in [1.54, 1.807) is 22.9 Å². The second-order valence-corrected chi connectivity index (χ2v) is 7.91. The number of sulfone groups is 1. The number of fused-ring (bicyclic) bond motifs is 1. The summed E-state index contributed by atoms with van der Waals surface area (Å²) in [5.74, 6) is -0.0879. The summed E-state index contributed by atoms with van der Waals surface area (Å²) in [6, 6.07) is 12.7. The van der Waals surface area contributed by atoms with Crippen LogP contribution in [0.25, 0.3) is 11.0 Å². The number of amides is 1. The van der Waals surface area contributed by atoms with Gasteiger partial charge in [0.15, 0.2) is 9.84 Å². The number of carbonyl (C=O) groups is 1. The van der Waals surface area contributed by atoms with Crippen LogP contribution in [-0.4, -0.2) is 35.1 Å². The highest BCUT2D eigenvalue weighted by Crippen LogP contribution is 2.17. The van der Waals surface area contributed by atoms with Crippen LogP contribution in [0.4, 0.5) is 0 Å². The maximum Gasteiger partial charge on any atom is 0.240 e. The number of rotatable bonds is 6. The Morgan fingerprint density at radius 2 is 1.92 bits per heavy atom. The van der Waals surface area contributed by atoms with Gasteiger partial charge < -0.3 is 9.88 Å². The van der Waals surface area contributed by atoms with Gasteiger partial charge >= 0.3 is 0 Å². The Balaban J connectivity index is 1.81. The zero-order chi connectivity index (χ0) is 17.9. The van der Waals surface area contributed by atoms with E-state index in [0.29, 0.717) is 17.9 Å². The number of pyridine rings is 1. The van der Waals surface area contributed by atoms with Gasteiger partial charge in [-0.25, -0.2) is 13.4 Å². The molecule has 1 N–H and O–H groups in total. The second kappa shape index (κ2) is 7.02. The zero-order valence-electron chi connectivity index (χ0n) is 13.7. The lowest BCUT2D eigenvalue weighted by Crippen LogP contribution is -2.28. The quantitative estimate of drug-likeness (QED) is 0.717. The molecule has 3 aromatic rings. The van der Waals surface area contributed by atoms with E-state index in [4.69, 9.17) is 0 Å². The number of hydrogen-bond acceptors (Lipinski definition) is 5. The van der Waals surface area contributed by atoms with Gasteiger partial charge in [0.1, 0.15) is 18.1 Å². The molecule has 0 unspecified atom stereocenters. The first kappa shape index (κ1) is 17.1. The third-order valence-corrected chi connectivity index (χ3v) is 4.40. The number of benzene rings is 1. The summed E-state index contributed by atoms with van der Waals surface area (Å²) in [7, 11) is -3.26. The summed E-state index contributed by atoms with van der Waals surface area (Å²) in [5.41, 5.74) is 2.15. The summed E-state index contributed by atoms with van der Waals surface area (Å²) in [6.45, 7) is 0.311. The van der Waals surface area contributed by atoms with Gasteiger partial charge in [-0.15, -0.1) is 0 Å². The maximum absolute atomic E-state index is 12.3. The third kappa shape index (κ3) is 4.42. The molecule has 3 rings (SSSR count). The number of imidazole rings is 1. The Bertz CT molecular complexity index is 997. The molecule has 0 saturated carbocycles. The fourth-order valence-corrected chi connectivity index (χ4v) is 3.23. The van der Waals surface area contributed by atoms with E-state index in [0.717, 1.165) is 17.5 Å². The highest BCUT2D eigenvalue weighted by molar-refractivity contribution is 7.89. The largest absolute Gasteiger partial charge is 0.349 e. The molecule has 7 nitrogen and oxygen atoms in total. The van der Waals surface area contributed by atoms with E-state index in [1.807, 2.05) is 30.3 Å². The van der Waals surface area contributed by atoms with E-state index < -0.39 is 9.84 Å². The average Bonchev–Trinajstić information content (AvgIpc) is 2.89. The van der Waals surface area contributed by atoms with Gasteiger partial charge in [-0.1, -0.05) is 18.2 Å². The Kier molecular flexibility index (Phi) is 4.80. The monoisotopic (exact) mass is 358 g/mol. The molecule has 0 spiro atoms. The molecule has 0 atom stereocenters. The van der Waals surface area contributed by atoms with Crippen molar-refractivity contribution >= 4 is 26.8 Å². The van der Waals surface area contributed by atoms with Crippen molar-refractivity contribution < 1.29 is 13.2 Å². The van der Waals surface area contributed by atoms with Crippen molar-refractivity contribution in [3.8, 4) is 0 Å². The second-order valence-electron chi connectivity index (χ2n) is 5.77. The molecule has 0 radical (unpaired) electrons. The summed E-state index contributed by atoms with van der Waals surface area (Å²) < 4.78 is 25.0. The van der Waals surface area contributed by atoms with Crippen molar-refractivity contribution in [1.82, 2.24) is 19.9 Å².